The Morgan fingerprint density at radius 1 is 0.886 bits per heavy atom. The Morgan fingerprint density at radius 3 is 2.19 bits per heavy atom. The molecule has 0 unspecified atom stereocenters. The molecule has 0 saturated carbocycles. The molecule has 396 valence electrons. The van der Waals surface area contributed by atoms with Gasteiger partial charge in [-0.05, 0) is 81.0 Å². The van der Waals surface area contributed by atoms with Crippen molar-refractivity contribution in [3.05, 3.63) is 59.3 Å². The summed E-state index contributed by atoms with van der Waals surface area (Å²) in [4.78, 5) is 20.0. The number of methoxy groups -OCH3 is 2. The zero-order valence-electron chi connectivity index (χ0n) is 44.7. The number of carbonyl (C=O) groups is 1. The highest BCUT2D eigenvalue weighted by molar-refractivity contribution is 6.74. The highest BCUT2D eigenvalue weighted by Crippen LogP contribution is 2.50. The summed E-state index contributed by atoms with van der Waals surface area (Å²) in [5.74, 6) is 3.18. The van der Waals surface area contributed by atoms with Gasteiger partial charge in [0.05, 0.1) is 55.4 Å². The Bertz CT molecular complexity index is 1970. The van der Waals surface area contributed by atoms with Crippen LogP contribution in [0, 0.1) is 23.7 Å². The number of fused-ring (bicyclic) bond motifs is 2. The van der Waals surface area contributed by atoms with Crippen molar-refractivity contribution in [1.82, 2.24) is 0 Å². The van der Waals surface area contributed by atoms with Crippen molar-refractivity contribution < 1.29 is 66.5 Å². The van der Waals surface area contributed by atoms with Gasteiger partial charge in [0.15, 0.2) is 26.7 Å². The van der Waals surface area contributed by atoms with E-state index < -0.39 is 86.9 Å². The van der Waals surface area contributed by atoms with Crippen LogP contribution in [0.4, 0.5) is 0 Å². The molecule has 70 heavy (non-hydrogen) atoms. The van der Waals surface area contributed by atoms with Crippen molar-refractivity contribution in [3.63, 3.8) is 0 Å². The summed E-state index contributed by atoms with van der Waals surface area (Å²) in [5, 5.41) is 13.1. The fourth-order valence-electron chi connectivity index (χ4n) is 11.4. The monoisotopic (exact) mass is 1000 g/mol. The van der Waals surface area contributed by atoms with Crippen LogP contribution in [0.5, 0.6) is 0 Å². The quantitative estimate of drug-likeness (QED) is 0.0875. The molecule has 0 amide bonds. The van der Waals surface area contributed by atoms with E-state index in [1.165, 1.54) is 0 Å². The summed E-state index contributed by atoms with van der Waals surface area (Å²) in [5.41, 5.74) is 0.658. The van der Waals surface area contributed by atoms with Crippen LogP contribution in [0.3, 0.4) is 0 Å². The summed E-state index contributed by atoms with van der Waals surface area (Å²) in [6.45, 7) is 27.6. The van der Waals surface area contributed by atoms with Crippen molar-refractivity contribution in [3.8, 4) is 0 Å². The van der Waals surface area contributed by atoms with Gasteiger partial charge >= 0.3 is 5.97 Å². The molecule has 1 spiro atoms. The van der Waals surface area contributed by atoms with E-state index in [9.17, 15) is 9.90 Å². The SMILES string of the molecule is CC[C@@H](C)[C@H]1O[C@]2(C=C[C@@H]1C)C[C@@H]1C[C@@H](C/C=C(\C)[C@@H](O[C@H]3C[C@H](OC)[C@@H](O[C@H]4C[C@H](OC)[C@H](ON)[C@H](C)O4)[C@H](C)O3)[C@@H](C)/C=C/C=C3\CO[C@@H]4[C@H](O[Si](C)(C)C(C)(C)C)C(C)=C[C@@H](C(=O)O1)[C@]34O)O2. The third kappa shape index (κ3) is 11.6. The van der Waals surface area contributed by atoms with Crippen molar-refractivity contribution in [2.75, 3.05) is 20.8 Å². The van der Waals surface area contributed by atoms with Gasteiger partial charge in [-0.3, -0.25) is 9.63 Å². The van der Waals surface area contributed by atoms with Crippen LogP contribution in [0.1, 0.15) is 115 Å². The van der Waals surface area contributed by atoms with Crippen molar-refractivity contribution in [1.29, 1.82) is 0 Å². The number of esters is 1. The molecular weight excluding hydrogens is 915 g/mol. The summed E-state index contributed by atoms with van der Waals surface area (Å²) in [7, 11) is 0.923. The molecule has 1 aliphatic carbocycles. The number of ether oxygens (including phenoxy) is 10. The zero-order valence-corrected chi connectivity index (χ0v) is 45.7. The molecule has 6 heterocycles. The number of carbonyl (C=O) groups excluding carboxylic acids is 1. The van der Waals surface area contributed by atoms with Gasteiger partial charge in [0.25, 0.3) is 0 Å². The van der Waals surface area contributed by atoms with Gasteiger partial charge in [-0.1, -0.05) is 91.3 Å². The lowest BCUT2D eigenvalue weighted by Crippen LogP contribution is -2.60. The van der Waals surface area contributed by atoms with E-state index in [0.717, 1.165) is 17.6 Å². The average molecular weight is 1000 g/mol. The summed E-state index contributed by atoms with van der Waals surface area (Å²) >= 11 is 0. The minimum absolute atomic E-state index is 0.0878. The van der Waals surface area contributed by atoms with Crippen LogP contribution < -0.4 is 5.90 Å². The molecule has 0 aromatic heterocycles. The van der Waals surface area contributed by atoms with Crippen LogP contribution in [0.2, 0.25) is 18.1 Å². The molecule has 16 heteroatoms. The number of nitrogens with two attached hydrogens (primary N) is 1. The number of hydrogen-bond acceptors (Lipinski definition) is 15. The molecule has 0 aromatic rings. The summed E-state index contributed by atoms with van der Waals surface area (Å²) in [6, 6.07) is 0. The zero-order chi connectivity index (χ0) is 51.1. The molecule has 4 fully saturated rings. The fourth-order valence-corrected chi connectivity index (χ4v) is 12.7. The Hall–Kier alpha value is -2.13. The highest BCUT2D eigenvalue weighted by atomic mass is 28.4. The smallest absolute Gasteiger partial charge is 0.316 e. The molecule has 0 aromatic carbocycles. The van der Waals surface area contributed by atoms with Crippen molar-refractivity contribution >= 4 is 14.3 Å². The molecule has 7 rings (SSSR count). The predicted molar refractivity (Wildman–Crippen MR) is 266 cm³/mol. The lowest BCUT2D eigenvalue weighted by atomic mass is 9.71. The number of allylic oxidation sites excluding steroid dienone is 2. The Labute approximate surface area is 419 Å². The maximum absolute atomic E-state index is 14.9. The van der Waals surface area contributed by atoms with Gasteiger partial charge in [-0.15, -0.1) is 0 Å². The van der Waals surface area contributed by atoms with E-state index in [2.05, 4.69) is 86.7 Å². The van der Waals surface area contributed by atoms with Crippen LogP contribution in [-0.4, -0.2) is 137 Å². The molecule has 6 aliphatic heterocycles. The van der Waals surface area contributed by atoms with Crippen LogP contribution in [-0.2, 0) is 61.4 Å². The predicted octanol–water partition coefficient (Wildman–Crippen LogP) is 8.30. The molecule has 20 atom stereocenters. The molecule has 15 nitrogen and oxygen atoms in total. The van der Waals surface area contributed by atoms with Gasteiger partial charge in [-0.25, -0.2) is 5.90 Å². The second-order valence-electron chi connectivity index (χ2n) is 22.9. The van der Waals surface area contributed by atoms with E-state index in [4.69, 9.17) is 62.5 Å². The maximum Gasteiger partial charge on any atom is 0.316 e. The first-order valence-corrected chi connectivity index (χ1v) is 28.9. The lowest BCUT2D eigenvalue weighted by molar-refractivity contribution is -0.321. The third-order valence-corrected chi connectivity index (χ3v) is 21.3. The standard InChI is InChI=1S/C54H87NO14Si/c1-16-30(2)46-33(5)22-23-53(67-46)28-39-25-38(66-53)21-20-32(4)45(64-43-26-41(58-12)48(35(7)61-43)65-44-27-42(59-13)49(68-55)36(8)62-44)31(3)18-17-19-37-29-60-50-47(69-70(14,15)52(9,10)11)34(6)24-40(51(56)63-39)54(37,50)57/h17-20,22-24,30-31,33,35-36,38-50,57H,16,21,25-29,55H2,1-15H3/b18-17+,32-20+,37-19+/t30-,31+,33+,35+,36+,38-,39+,40+,41+,42+,43+,44+,45+,46-,47-,48+,49-,50-,53-,54-/m1/s1. The van der Waals surface area contributed by atoms with Gasteiger partial charge in [0.2, 0.25) is 0 Å². The second kappa shape index (κ2) is 22.4. The fraction of sp³-hybridized carbons (Fsp3) is 0.796. The largest absolute Gasteiger partial charge is 0.462 e. The molecule has 2 bridgehead atoms. The van der Waals surface area contributed by atoms with Crippen molar-refractivity contribution in [2.45, 2.75) is 230 Å². The first-order valence-electron chi connectivity index (χ1n) is 26.0. The highest BCUT2D eigenvalue weighted by Gasteiger charge is 2.62. The average Bonchev–Trinajstić information content (AvgIpc) is 3.64. The molecule has 7 aliphatic rings. The topological polar surface area (TPSA) is 174 Å². The van der Waals surface area contributed by atoms with E-state index in [1.54, 1.807) is 14.2 Å². The van der Waals surface area contributed by atoms with Crippen LogP contribution in [0.15, 0.2) is 59.3 Å². The lowest BCUT2D eigenvalue weighted by Gasteiger charge is -2.49. The summed E-state index contributed by atoms with van der Waals surface area (Å²) in [6.07, 6.45) is 10.7. The second-order valence-corrected chi connectivity index (χ2v) is 27.7. The van der Waals surface area contributed by atoms with Crippen molar-refractivity contribution in [2.24, 2.45) is 29.6 Å². The van der Waals surface area contributed by atoms with E-state index >= 15 is 0 Å². The third-order valence-electron chi connectivity index (χ3n) is 16.8. The first-order chi connectivity index (χ1) is 33.0. The molecule has 3 N–H and O–H groups in total. The molecule has 0 radical (unpaired) electrons. The van der Waals surface area contributed by atoms with E-state index in [-0.39, 0.29) is 59.9 Å². The maximum atomic E-state index is 14.9. The van der Waals surface area contributed by atoms with Gasteiger partial charge in [-0.2, -0.15) is 0 Å². The number of rotatable bonds is 11. The normalized spacial score (nSPS) is 45.4. The Balaban J connectivity index is 1.22. The number of hydrogen-bond donors (Lipinski definition) is 2. The molecular formula is C54H87NO14Si. The minimum Gasteiger partial charge on any atom is -0.462 e. The first kappa shape index (κ1) is 55.6. The van der Waals surface area contributed by atoms with E-state index in [1.807, 2.05) is 45.1 Å². The van der Waals surface area contributed by atoms with Crippen LogP contribution in [0.25, 0.3) is 0 Å². The Kier molecular flexibility index (Phi) is 17.8. The van der Waals surface area contributed by atoms with Gasteiger partial charge in [0, 0.05) is 51.7 Å². The number of aliphatic hydroxyl groups is 1. The van der Waals surface area contributed by atoms with E-state index in [0.29, 0.717) is 37.7 Å². The Morgan fingerprint density at radius 2 is 1.54 bits per heavy atom. The van der Waals surface area contributed by atoms with Gasteiger partial charge < -0.3 is 56.9 Å². The minimum atomic E-state index is -2.38. The summed E-state index contributed by atoms with van der Waals surface area (Å²) < 4.78 is 72.4. The van der Waals surface area contributed by atoms with Gasteiger partial charge in [0.1, 0.15) is 35.9 Å². The van der Waals surface area contributed by atoms with Crippen LogP contribution >= 0.6 is 0 Å². The molecule has 4 saturated heterocycles.